The highest BCUT2D eigenvalue weighted by atomic mass is 19.3. The van der Waals surface area contributed by atoms with Crippen molar-refractivity contribution in [2.24, 2.45) is 0 Å². The Kier molecular flexibility index (Phi) is 3.80. The zero-order valence-corrected chi connectivity index (χ0v) is 19.9. The molecule has 0 amide bonds. The SMILES string of the molecule is [2H]C([2H])(O)[C@H](O)C([2H])([2H])n1c(C(C)(C)C([2H])([2H])C)cc2cc(CC(=O)C3(c4ccc5c(c4)OC(F)(F)O5)C([2H])([2H])C3([2H])[2H])c(F)cc21. The van der Waals surface area contributed by atoms with Crippen LogP contribution in [0.5, 0.6) is 11.5 Å². The van der Waals surface area contributed by atoms with Gasteiger partial charge in [-0.2, -0.15) is 0 Å². The van der Waals surface area contributed by atoms with Crippen LogP contribution in [0.25, 0.3) is 10.9 Å². The van der Waals surface area contributed by atoms with Gasteiger partial charge in [0.25, 0.3) is 0 Å². The smallest absolute Gasteiger partial charge is 0.395 e. The largest absolute Gasteiger partial charge is 0.586 e. The Hall–Kier alpha value is -3.04. The summed E-state index contributed by atoms with van der Waals surface area (Å²) in [6, 6.07) is 5.91. The number of alkyl halides is 2. The molecule has 0 bridgehead atoms. The number of Topliss-reactive ketones (excluding diaryl/α,β-unsaturated/α-hetero) is 1. The second-order valence-corrected chi connectivity index (χ2v) is 9.33. The summed E-state index contributed by atoms with van der Waals surface area (Å²) in [6.45, 7) is -2.72. The molecule has 1 saturated carbocycles. The van der Waals surface area contributed by atoms with Crippen LogP contribution in [-0.2, 0) is 28.5 Å². The van der Waals surface area contributed by atoms with Crippen LogP contribution in [0.15, 0.2) is 36.4 Å². The standard InChI is InChI=1S/C28H30F3NO5/c1-4-26(2,3)24-10-17-9-16(20(29)13-21(17)32(24)14-19(34)15-33)11-25(35)27(7-8-27)18-5-6-22-23(12-18)37-28(30,31)36-22/h5-6,9-10,12-13,19,33-34H,4,7-8,11,14-15H2,1-3H3/t19-/m1/s1/i4D2,7D2,8D2,14D2,15D2. The number of carbonyl (C=O) groups excluding carboxylic acids is 1. The van der Waals surface area contributed by atoms with Crippen LogP contribution in [-0.4, -0.2) is 39.5 Å². The summed E-state index contributed by atoms with van der Waals surface area (Å²) >= 11 is 0. The van der Waals surface area contributed by atoms with Crippen LogP contribution < -0.4 is 9.47 Å². The van der Waals surface area contributed by atoms with E-state index in [2.05, 4.69) is 9.47 Å². The first kappa shape index (κ1) is 16.0. The fraction of sp³-hybridized carbons (Fsp3) is 0.464. The van der Waals surface area contributed by atoms with E-state index in [1.54, 1.807) is 0 Å². The molecule has 1 aliphatic carbocycles. The molecular formula is C28H30F3NO5. The summed E-state index contributed by atoms with van der Waals surface area (Å²) in [7, 11) is 0. The van der Waals surface area contributed by atoms with Crippen molar-refractivity contribution in [3.05, 3.63) is 59.0 Å². The third-order valence-corrected chi connectivity index (χ3v) is 6.59. The first-order valence-electron chi connectivity index (χ1n) is 16.2. The van der Waals surface area contributed by atoms with Crippen molar-refractivity contribution in [3.63, 3.8) is 0 Å². The molecule has 9 heteroatoms. The van der Waals surface area contributed by atoms with Gasteiger partial charge in [-0.3, -0.25) is 4.79 Å². The molecular weight excluding hydrogens is 487 g/mol. The van der Waals surface area contributed by atoms with E-state index in [0.29, 0.717) is 4.57 Å². The number of aliphatic hydroxyl groups is 2. The summed E-state index contributed by atoms with van der Waals surface area (Å²) in [5.74, 6) is -3.34. The van der Waals surface area contributed by atoms with Gasteiger partial charge in [0.15, 0.2) is 11.5 Å². The molecule has 0 saturated heterocycles. The third kappa shape index (κ3) is 4.48. The molecule has 0 unspecified atom stereocenters. The number of ketones is 1. The van der Waals surface area contributed by atoms with Crippen molar-refractivity contribution in [1.29, 1.82) is 0 Å². The molecule has 1 aliphatic heterocycles. The lowest BCUT2D eigenvalue weighted by atomic mass is 9.86. The minimum atomic E-state index is -4.05. The number of halogens is 3. The fourth-order valence-electron chi connectivity index (χ4n) is 4.29. The van der Waals surface area contributed by atoms with Crippen molar-refractivity contribution in [1.82, 2.24) is 4.57 Å². The number of ether oxygens (including phenoxy) is 2. The highest BCUT2D eigenvalue weighted by molar-refractivity contribution is 5.95. The molecule has 2 N–H and O–H groups in total. The molecule has 37 heavy (non-hydrogen) atoms. The lowest BCUT2D eigenvalue weighted by Gasteiger charge is -2.26. The van der Waals surface area contributed by atoms with Crippen molar-refractivity contribution in [2.45, 2.75) is 76.0 Å². The quantitative estimate of drug-likeness (QED) is 0.410. The molecule has 1 fully saturated rings. The first-order chi connectivity index (χ1) is 21.1. The predicted octanol–water partition coefficient (Wildman–Crippen LogP) is 4.99. The lowest BCUT2D eigenvalue weighted by Crippen LogP contribution is -2.26. The van der Waals surface area contributed by atoms with Crippen LogP contribution in [0, 0.1) is 5.82 Å². The molecule has 6 nitrogen and oxygen atoms in total. The number of nitrogens with zero attached hydrogens (tertiary/aromatic N) is 1. The van der Waals surface area contributed by atoms with E-state index < -0.39 is 90.5 Å². The first-order valence-corrected chi connectivity index (χ1v) is 11.2. The Morgan fingerprint density at radius 3 is 2.57 bits per heavy atom. The minimum absolute atomic E-state index is 0.0164. The maximum absolute atomic E-state index is 15.8. The van der Waals surface area contributed by atoms with E-state index in [9.17, 15) is 23.8 Å². The van der Waals surface area contributed by atoms with Crippen LogP contribution in [0.4, 0.5) is 13.2 Å². The Bertz CT molecular complexity index is 1790. The summed E-state index contributed by atoms with van der Waals surface area (Å²) in [4.78, 5) is 13.9. The molecule has 1 atom stereocenters. The normalized spacial score (nSPS) is 26.2. The highest BCUT2D eigenvalue weighted by Crippen LogP contribution is 2.52. The number of rotatable bonds is 9. The maximum atomic E-state index is 15.8. The number of hydrogen-bond donors (Lipinski definition) is 2. The van der Waals surface area contributed by atoms with E-state index in [-0.39, 0.29) is 22.2 Å². The van der Waals surface area contributed by atoms with Gasteiger partial charge in [0.1, 0.15) is 11.6 Å². The molecule has 2 aromatic carbocycles. The number of aliphatic hydroxyl groups excluding tert-OH is 1. The Morgan fingerprint density at radius 2 is 1.92 bits per heavy atom. The van der Waals surface area contributed by atoms with Crippen LogP contribution in [0.2, 0.25) is 0 Å². The van der Waals surface area contributed by atoms with Crippen molar-refractivity contribution in [3.8, 4) is 11.5 Å². The van der Waals surface area contributed by atoms with E-state index >= 15 is 4.39 Å². The van der Waals surface area contributed by atoms with Gasteiger partial charge in [-0.1, -0.05) is 26.8 Å². The summed E-state index contributed by atoms with van der Waals surface area (Å²) in [5, 5.41) is 20.3. The van der Waals surface area contributed by atoms with Gasteiger partial charge in [-0.05, 0) is 60.6 Å². The third-order valence-electron chi connectivity index (χ3n) is 6.59. The summed E-state index contributed by atoms with van der Waals surface area (Å²) < 4.78 is 135. The number of fused-ring (bicyclic) bond motifs is 2. The average Bonchev–Trinajstić information content (AvgIpc) is 3.23. The topological polar surface area (TPSA) is 80.9 Å². The highest BCUT2D eigenvalue weighted by Gasteiger charge is 2.52. The number of carbonyl (C=O) groups is 1. The zero-order chi connectivity index (χ0) is 35.7. The second kappa shape index (κ2) is 8.77. The Morgan fingerprint density at radius 1 is 1.22 bits per heavy atom. The van der Waals surface area contributed by atoms with Gasteiger partial charge in [0.2, 0.25) is 0 Å². The monoisotopic (exact) mass is 527 g/mol. The van der Waals surface area contributed by atoms with Crippen LogP contribution in [0.3, 0.4) is 0 Å². The molecule has 2 heterocycles. The lowest BCUT2D eigenvalue weighted by molar-refractivity contribution is -0.286. The molecule has 0 spiro atoms. The van der Waals surface area contributed by atoms with Gasteiger partial charge >= 0.3 is 6.29 Å². The van der Waals surface area contributed by atoms with E-state index in [1.807, 2.05) is 0 Å². The van der Waals surface area contributed by atoms with E-state index in [1.165, 1.54) is 26.8 Å². The fourth-order valence-corrected chi connectivity index (χ4v) is 4.29. The Balaban J connectivity index is 1.65. The van der Waals surface area contributed by atoms with Crippen LogP contribution in [0.1, 0.15) is 70.4 Å². The van der Waals surface area contributed by atoms with Gasteiger partial charge in [-0.15, -0.1) is 8.78 Å². The predicted molar refractivity (Wildman–Crippen MR) is 131 cm³/mol. The summed E-state index contributed by atoms with van der Waals surface area (Å²) in [6.07, 6.45) is -15.6. The molecule has 1 aromatic heterocycles. The van der Waals surface area contributed by atoms with Gasteiger partial charge in [0.05, 0.1) is 35.6 Å². The molecule has 5 rings (SSSR count). The molecule has 2 aliphatic rings. The van der Waals surface area contributed by atoms with Crippen molar-refractivity contribution < 1.29 is 51.4 Å². The number of hydrogen-bond acceptors (Lipinski definition) is 5. The van der Waals surface area contributed by atoms with Crippen LogP contribution >= 0.6 is 0 Å². The van der Waals surface area contributed by atoms with Gasteiger partial charge in [-0.25, -0.2) is 4.39 Å². The molecule has 3 aromatic rings. The summed E-state index contributed by atoms with van der Waals surface area (Å²) in [5.41, 5.74) is -5.45. The van der Waals surface area contributed by atoms with Gasteiger partial charge < -0.3 is 24.3 Å². The number of aromatic nitrogens is 1. The minimum Gasteiger partial charge on any atom is -0.395 e. The van der Waals surface area contributed by atoms with E-state index in [0.717, 1.165) is 30.3 Å². The van der Waals surface area contributed by atoms with Gasteiger partial charge in [0, 0.05) is 31.1 Å². The Labute approximate surface area is 226 Å². The molecule has 198 valence electrons. The van der Waals surface area contributed by atoms with Crippen molar-refractivity contribution in [2.75, 3.05) is 6.56 Å². The average molecular weight is 528 g/mol. The number of benzene rings is 2. The molecule has 0 radical (unpaired) electrons. The zero-order valence-electron chi connectivity index (χ0n) is 29.9. The maximum Gasteiger partial charge on any atom is 0.586 e. The second-order valence-electron chi connectivity index (χ2n) is 9.33. The van der Waals surface area contributed by atoms with Crippen molar-refractivity contribution >= 4 is 16.7 Å². The van der Waals surface area contributed by atoms with E-state index in [4.69, 9.17) is 13.7 Å².